The Bertz CT molecular complexity index is 1140. The molecule has 0 spiro atoms. The topological polar surface area (TPSA) is 71.2 Å². The number of phenolic OH excluding ortho intramolecular Hbond substituents is 1. The third-order valence-electron chi connectivity index (χ3n) is 6.35. The Kier molecular flexibility index (Phi) is 4.96. The summed E-state index contributed by atoms with van der Waals surface area (Å²) in [5, 5.41) is 18.1. The molecule has 160 valence electrons. The number of likely N-dealkylation sites (tertiary alicyclic amines) is 1. The van der Waals surface area contributed by atoms with Crippen LogP contribution in [-0.4, -0.2) is 43.8 Å². The largest absolute Gasteiger partial charge is 0.508 e. The zero-order valence-corrected chi connectivity index (χ0v) is 17.5. The first-order valence-electron chi connectivity index (χ1n) is 10.8. The van der Waals surface area contributed by atoms with Crippen molar-refractivity contribution < 1.29 is 14.3 Å². The maximum Gasteiger partial charge on any atom is 0.225 e. The van der Waals surface area contributed by atoms with E-state index in [9.17, 15) is 9.90 Å². The first-order chi connectivity index (χ1) is 15.0. The number of aromatic hydroxyl groups is 1. The van der Waals surface area contributed by atoms with Gasteiger partial charge in [0.1, 0.15) is 17.9 Å². The SMILES string of the molecule is Cc1ccc(-c2ccc(-c3nncn3C[C@H]3CCN(C(=O)C4CC4)C3)c(F)c2)cc1O. The minimum Gasteiger partial charge on any atom is -0.508 e. The number of carbonyl (C=O) groups excluding carboxylic acids is 1. The molecule has 0 radical (unpaired) electrons. The maximum atomic E-state index is 15.0. The number of nitrogens with zero attached hydrogens (tertiary/aromatic N) is 4. The van der Waals surface area contributed by atoms with Crippen LogP contribution >= 0.6 is 0 Å². The summed E-state index contributed by atoms with van der Waals surface area (Å²) in [6, 6.07) is 10.3. The van der Waals surface area contributed by atoms with Crippen molar-refractivity contribution in [2.24, 2.45) is 11.8 Å². The molecular weight excluding hydrogens is 395 g/mol. The molecule has 2 aliphatic rings. The van der Waals surface area contributed by atoms with Crippen LogP contribution in [0.1, 0.15) is 24.8 Å². The lowest BCUT2D eigenvalue weighted by atomic mass is 10.0. The average Bonchev–Trinajstić information content (AvgIpc) is 3.34. The van der Waals surface area contributed by atoms with Crippen molar-refractivity contribution in [3.63, 3.8) is 0 Å². The highest BCUT2D eigenvalue weighted by Gasteiger charge is 2.36. The van der Waals surface area contributed by atoms with E-state index in [4.69, 9.17) is 0 Å². The third kappa shape index (κ3) is 3.92. The molecule has 1 N–H and O–H groups in total. The molecule has 1 amide bonds. The second kappa shape index (κ2) is 7.80. The number of rotatable bonds is 5. The van der Waals surface area contributed by atoms with Crippen LogP contribution in [0.2, 0.25) is 0 Å². The van der Waals surface area contributed by atoms with Gasteiger partial charge in [0.25, 0.3) is 0 Å². The van der Waals surface area contributed by atoms with E-state index in [1.54, 1.807) is 18.5 Å². The monoisotopic (exact) mass is 420 g/mol. The van der Waals surface area contributed by atoms with Crippen molar-refractivity contribution in [1.82, 2.24) is 19.7 Å². The number of aromatic nitrogens is 3. The van der Waals surface area contributed by atoms with Crippen molar-refractivity contribution in [1.29, 1.82) is 0 Å². The van der Waals surface area contributed by atoms with E-state index in [1.165, 1.54) is 6.07 Å². The number of benzene rings is 2. The summed E-state index contributed by atoms with van der Waals surface area (Å²) >= 11 is 0. The van der Waals surface area contributed by atoms with Gasteiger partial charge in [-0.2, -0.15) is 0 Å². The van der Waals surface area contributed by atoms with Gasteiger partial charge >= 0.3 is 0 Å². The lowest BCUT2D eigenvalue weighted by Crippen LogP contribution is -2.30. The van der Waals surface area contributed by atoms with Gasteiger partial charge in [0, 0.05) is 25.6 Å². The van der Waals surface area contributed by atoms with Gasteiger partial charge in [-0.3, -0.25) is 4.79 Å². The number of hydrogen-bond acceptors (Lipinski definition) is 4. The quantitative estimate of drug-likeness (QED) is 0.677. The van der Waals surface area contributed by atoms with Crippen molar-refractivity contribution in [2.75, 3.05) is 13.1 Å². The second-order valence-corrected chi connectivity index (χ2v) is 8.72. The van der Waals surface area contributed by atoms with Crippen LogP contribution in [-0.2, 0) is 11.3 Å². The molecule has 1 saturated heterocycles. The van der Waals surface area contributed by atoms with E-state index in [0.717, 1.165) is 43.5 Å². The Hall–Kier alpha value is -3.22. The normalized spacial score (nSPS) is 18.5. The Labute approximate surface area is 180 Å². The number of carbonyl (C=O) groups is 1. The molecule has 1 aliphatic carbocycles. The summed E-state index contributed by atoms with van der Waals surface area (Å²) in [6.45, 7) is 4.01. The summed E-state index contributed by atoms with van der Waals surface area (Å²) in [4.78, 5) is 14.3. The standard InChI is InChI=1S/C24H25FN4O2/c1-15-2-3-19(11-22(15)30)18-6-7-20(21(25)10-18)23-27-26-14-29(23)13-16-8-9-28(12-16)24(31)17-4-5-17/h2-3,6-7,10-11,14,16-17,30H,4-5,8-9,12-13H2,1H3/t16-/m0/s1. The fourth-order valence-electron chi connectivity index (χ4n) is 4.31. The highest BCUT2D eigenvalue weighted by Crippen LogP contribution is 2.34. The van der Waals surface area contributed by atoms with Gasteiger partial charge < -0.3 is 14.6 Å². The van der Waals surface area contributed by atoms with Crippen molar-refractivity contribution >= 4 is 5.91 Å². The molecule has 2 heterocycles. The summed E-state index contributed by atoms with van der Waals surface area (Å²) in [5.41, 5.74) is 2.61. The highest BCUT2D eigenvalue weighted by molar-refractivity contribution is 5.81. The average molecular weight is 420 g/mol. The number of phenols is 1. The lowest BCUT2D eigenvalue weighted by molar-refractivity contribution is -0.131. The van der Waals surface area contributed by atoms with Crippen LogP contribution in [0.5, 0.6) is 5.75 Å². The van der Waals surface area contributed by atoms with Gasteiger partial charge in [0.2, 0.25) is 5.91 Å². The summed E-state index contributed by atoms with van der Waals surface area (Å²) < 4.78 is 16.9. The molecule has 6 nitrogen and oxygen atoms in total. The fourth-order valence-corrected chi connectivity index (χ4v) is 4.31. The van der Waals surface area contributed by atoms with Crippen LogP contribution < -0.4 is 0 Å². The summed E-state index contributed by atoms with van der Waals surface area (Å²) in [6.07, 6.45) is 4.61. The highest BCUT2D eigenvalue weighted by atomic mass is 19.1. The van der Waals surface area contributed by atoms with Gasteiger partial charge in [-0.25, -0.2) is 4.39 Å². The van der Waals surface area contributed by atoms with Crippen LogP contribution in [0.4, 0.5) is 4.39 Å². The Morgan fingerprint density at radius 1 is 1.16 bits per heavy atom. The Morgan fingerprint density at radius 3 is 2.68 bits per heavy atom. The van der Waals surface area contributed by atoms with E-state index in [2.05, 4.69) is 10.2 Å². The minimum atomic E-state index is -0.385. The second-order valence-electron chi connectivity index (χ2n) is 8.72. The van der Waals surface area contributed by atoms with Crippen molar-refractivity contribution in [3.05, 3.63) is 54.1 Å². The third-order valence-corrected chi connectivity index (χ3v) is 6.35. The molecule has 0 unspecified atom stereocenters. The molecule has 5 rings (SSSR count). The summed E-state index contributed by atoms with van der Waals surface area (Å²) in [5.74, 6) is 1.14. The fraction of sp³-hybridized carbons (Fsp3) is 0.375. The molecule has 1 saturated carbocycles. The van der Waals surface area contributed by atoms with Gasteiger partial charge in [0.05, 0.1) is 5.56 Å². The molecule has 1 aliphatic heterocycles. The zero-order chi connectivity index (χ0) is 21.5. The number of aryl methyl sites for hydroxylation is 1. The van der Waals surface area contributed by atoms with Crippen LogP contribution in [0.25, 0.3) is 22.5 Å². The van der Waals surface area contributed by atoms with E-state index in [1.807, 2.05) is 34.6 Å². The van der Waals surface area contributed by atoms with Gasteiger partial charge in [-0.05, 0) is 67.0 Å². The molecule has 31 heavy (non-hydrogen) atoms. The van der Waals surface area contributed by atoms with E-state index in [0.29, 0.717) is 29.4 Å². The molecule has 1 aromatic heterocycles. The van der Waals surface area contributed by atoms with Crippen molar-refractivity contribution in [2.45, 2.75) is 32.7 Å². The zero-order valence-electron chi connectivity index (χ0n) is 17.5. The lowest BCUT2D eigenvalue weighted by Gasteiger charge is -2.17. The van der Waals surface area contributed by atoms with Gasteiger partial charge in [-0.1, -0.05) is 18.2 Å². The first kappa shape index (κ1) is 19.7. The van der Waals surface area contributed by atoms with Gasteiger partial charge in [0.15, 0.2) is 5.82 Å². The van der Waals surface area contributed by atoms with Crippen LogP contribution in [0, 0.1) is 24.6 Å². The van der Waals surface area contributed by atoms with E-state index in [-0.39, 0.29) is 23.4 Å². The first-order valence-corrected chi connectivity index (χ1v) is 10.8. The summed E-state index contributed by atoms with van der Waals surface area (Å²) in [7, 11) is 0. The molecule has 1 atom stereocenters. The predicted octanol–water partition coefficient (Wildman–Crippen LogP) is 4.02. The van der Waals surface area contributed by atoms with Gasteiger partial charge in [-0.15, -0.1) is 10.2 Å². The molecule has 2 aromatic carbocycles. The smallest absolute Gasteiger partial charge is 0.225 e. The molecule has 3 aromatic rings. The molecule has 0 bridgehead atoms. The molecule has 2 fully saturated rings. The van der Waals surface area contributed by atoms with E-state index >= 15 is 4.39 Å². The minimum absolute atomic E-state index is 0.188. The maximum absolute atomic E-state index is 15.0. The molecular formula is C24H25FN4O2. The predicted molar refractivity (Wildman–Crippen MR) is 115 cm³/mol. The molecule has 7 heteroatoms. The number of hydrogen-bond donors (Lipinski definition) is 1. The Balaban J connectivity index is 1.34. The van der Waals surface area contributed by atoms with Crippen molar-refractivity contribution in [3.8, 4) is 28.3 Å². The van der Waals surface area contributed by atoms with E-state index < -0.39 is 0 Å². The van der Waals surface area contributed by atoms with Crippen LogP contribution in [0.3, 0.4) is 0 Å². The number of amides is 1. The Morgan fingerprint density at radius 2 is 1.94 bits per heavy atom. The number of halogens is 1. The van der Waals surface area contributed by atoms with Crippen LogP contribution in [0.15, 0.2) is 42.7 Å².